The molecule has 5 aromatic rings. The van der Waals surface area contributed by atoms with Gasteiger partial charge in [-0.3, -0.25) is 0 Å². The van der Waals surface area contributed by atoms with Crippen LogP contribution < -0.4 is 4.74 Å². The molecule has 176 valence electrons. The SMILES string of the molecule is CCCCCCOc1cc(-c2c3ccccc3cc3ccccc23)nc(-c2c(O)cccc2O)n1. The third-order valence-corrected chi connectivity index (χ3v) is 6.22. The van der Waals surface area contributed by atoms with Gasteiger partial charge in [0.25, 0.3) is 0 Å². The van der Waals surface area contributed by atoms with Crippen molar-refractivity contribution in [2.45, 2.75) is 32.6 Å². The molecule has 0 spiro atoms. The van der Waals surface area contributed by atoms with Gasteiger partial charge >= 0.3 is 0 Å². The summed E-state index contributed by atoms with van der Waals surface area (Å²) in [6.45, 7) is 2.72. The summed E-state index contributed by atoms with van der Waals surface area (Å²) < 4.78 is 6.07. The van der Waals surface area contributed by atoms with Crippen LogP contribution in [0.4, 0.5) is 0 Å². The molecule has 5 rings (SSSR count). The highest BCUT2D eigenvalue weighted by atomic mass is 16.5. The molecule has 0 unspecified atom stereocenters. The number of benzene rings is 4. The molecular formula is C30H28N2O3. The van der Waals surface area contributed by atoms with Crippen molar-refractivity contribution in [1.82, 2.24) is 9.97 Å². The van der Waals surface area contributed by atoms with Crippen LogP contribution in [0.25, 0.3) is 44.2 Å². The van der Waals surface area contributed by atoms with E-state index in [2.05, 4.69) is 42.2 Å². The summed E-state index contributed by atoms with van der Waals surface area (Å²) in [6.07, 6.45) is 4.34. The highest BCUT2D eigenvalue weighted by molar-refractivity contribution is 6.12. The van der Waals surface area contributed by atoms with E-state index in [4.69, 9.17) is 9.72 Å². The molecule has 0 fully saturated rings. The molecule has 5 nitrogen and oxygen atoms in total. The lowest BCUT2D eigenvalue weighted by Crippen LogP contribution is -2.03. The Balaban J connectivity index is 1.71. The Kier molecular flexibility index (Phi) is 6.49. The van der Waals surface area contributed by atoms with E-state index in [1.54, 1.807) is 6.07 Å². The summed E-state index contributed by atoms with van der Waals surface area (Å²) in [7, 11) is 0. The molecule has 1 aromatic heterocycles. The number of phenolic OH excluding ortho intramolecular Hbond substituents is 2. The van der Waals surface area contributed by atoms with Crippen LogP contribution in [0.15, 0.2) is 78.9 Å². The van der Waals surface area contributed by atoms with E-state index >= 15 is 0 Å². The summed E-state index contributed by atoms with van der Waals surface area (Å²) in [5, 5.41) is 25.4. The number of ether oxygens (including phenoxy) is 1. The zero-order chi connectivity index (χ0) is 24.2. The van der Waals surface area contributed by atoms with Gasteiger partial charge in [0.1, 0.15) is 17.1 Å². The molecule has 5 heteroatoms. The molecule has 2 N–H and O–H groups in total. The largest absolute Gasteiger partial charge is 0.507 e. The van der Waals surface area contributed by atoms with Crippen molar-refractivity contribution < 1.29 is 14.9 Å². The van der Waals surface area contributed by atoms with Gasteiger partial charge in [-0.25, -0.2) is 4.98 Å². The van der Waals surface area contributed by atoms with Crippen LogP contribution in [0, 0.1) is 0 Å². The molecular weight excluding hydrogens is 436 g/mol. The lowest BCUT2D eigenvalue weighted by molar-refractivity contribution is 0.294. The van der Waals surface area contributed by atoms with Gasteiger partial charge in [0.2, 0.25) is 5.88 Å². The molecule has 0 aliphatic carbocycles. The molecule has 0 radical (unpaired) electrons. The Morgan fingerprint density at radius 3 is 2.00 bits per heavy atom. The highest BCUT2D eigenvalue weighted by Crippen LogP contribution is 2.40. The van der Waals surface area contributed by atoms with Gasteiger partial charge in [0, 0.05) is 11.6 Å². The van der Waals surface area contributed by atoms with E-state index in [0.29, 0.717) is 18.2 Å². The van der Waals surface area contributed by atoms with Crippen LogP contribution in [-0.4, -0.2) is 26.8 Å². The average molecular weight is 465 g/mol. The number of fused-ring (bicyclic) bond motifs is 2. The second kappa shape index (κ2) is 10.0. The number of nitrogens with zero attached hydrogens (tertiary/aromatic N) is 2. The van der Waals surface area contributed by atoms with Crippen molar-refractivity contribution in [3.8, 4) is 40.0 Å². The third kappa shape index (κ3) is 4.62. The summed E-state index contributed by atoms with van der Waals surface area (Å²) in [5.74, 6) is 0.470. The Hall–Kier alpha value is -4.12. The monoisotopic (exact) mass is 464 g/mol. The van der Waals surface area contributed by atoms with Crippen molar-refractivity contribution in [3.63, 3.8) is 0 Å². The summed E-state index contributed by atoms with van der Waals surface area (Å²) >= 11 is 0. The average Bonchev–Trinajstić information content (AvgIpc) is 2.87. The maximum atomic E-state index is 10.5. The predicted octanol–water partition coefficient (Wildman–Crippen LogP) is 7.49. The van der Waals surface area contributed by atoms with E-state index in [1.807, 2.05) is 30.3 Å². The van der Waals surface area contributed by atoms with Gasteiger partial charge in [0.05, 0.1) is 12.3 Å². The number of hydrogen-bond donors (Lipinski definition) is 2. The Bertz CT molecular complexity index is 1420. The molecule has 0 amide bonds. The van der Waals surface area contributed by atoms with E-state index in [1.165, 1.54) is 12.1 Å². The van der Waals surface area contributed by atoms with E-state index < -0.39 is 0 Å². The van der Waals surface area contributed by atoms with Crippen LogP contribution in [0.5, 0.6) is 17.4 Å². The van der Waals surface area contributed by atoms with E-state index in [0.717, 1.165) is 52.8 Å². The van der Waals surface area contributed by atoms with Gasteiger partial charge in [-0.05, 0) is 46.2 Å². The van der Waals surface area contributed by atoms with Crippen LogP contribution in [0.1, 0.15) is 32.6 Å². The van der Waals surface area contributed by atoms with E-state index in [-0.39, 0.29) is 22.9 Å². The third-order valence-electron chi connectivity index (χ3n) is 6.22. The van der Waals surface area contributed by atoms with Crippen LogP contribution in [0.3, 0.4) is 0 Å². The van der Waals surface area contributed by atoms with Crippen LogP contribution in [0.2, 0.25) is 0 Å². The molecule has 0 saturated carbocycles. The van der Waals surface area contributed by atoms with Gasteiger partial charge < -0.3 is 14.9 Å². The summed E-state index contributed by atoms with van der Waals surface area (Å²) in [4.78, 5) is 9.42. The molecule has 0 bridgehead atoms. The quantitative estimate of drug-likeness (QED) is 0.184. The molecule has 35 heavy (non-hydrogen) atoms. The Morgan fingerprint density at radius 2 is 1.34 bits per heavy atom. The van der Waals surface area contributed by atoms with Gasteiger partial charge in [-0.1, -0.05) is 80.8 Å². The Labute approximate surface area is 204 Å². The molecule has 1 heterocycles. The molecule has 4 aromatic carbocycles. The lowest BCUT2D eigenvalue weighted by Gasteiger charge is -2.15. The Morgan fingerprint density at radius 1 is 0.686 bits per heavy atom. The normalized spacial score (nSPS) is 11.2. The van der Waals surface area contributed by atoms with Crippen molar-refractivity contribution in [3.05, 3.63) is 78.9 Å². The van der Waals surface area contributed by atoms with Gasteiger partial charge in [-0.15, -0.1) is 0 Å². The van der Waals surface area contributed by atoms with Gasteiger partial charge in [-0.2, -0.15) is 4.98 Å². The highest BCUT2D eigenvalue weighted by Gasteiger charge is 2.19. The number of phenols is 2. The predicted molar refractivity (Wildman–Crippen MR) is 141 cm³/mol. The summed E-state index contributed by atoms with van der Waals surface area (Å²) in [5.41, 5.74) is 1.83. The molecule has 0 saturated heterocycles. The first-order valence-electron chi connectivity index (χ1n) is 12.1. The zero-order valence-electron chi connectivity index (χ0n) is 19.7. The number of aromatic hydroxyl groups is 2. The van der Waals surface area contributed by atoms with Gasteiger partial charge in [0.15, 0.2) is 5.82 Å². The fourth-order valence-corrected chi connectivity index (χ4v) is 4.49. The minimum Gasteiger partial charge on any atom is -0.507 e. The minimum absolute atomic E-state index is 0.0844. The second-order valence-electron chi connectivity index (χ2n) is 8.69. The fourth-order valence-electron chi connectivity index (χ4n) is 4.49. The van der Waals surface area contributed by atoms with Crippen molar-refractivity contribution in [2.24, 2.45) is 0 Å². The second-order valence-corrected chi connectivity index (χ2v) is 8.69. The molecule has 0 aliphatic rings. The van der Waals surface area contributed by atoms with Crippen molar-refractivity contribution in [2.75, 3.05) is 6.61 Å². The summed E-state index contributed by atoms with van der Waals surface area (Å²) in [6, 6.07) is 25.1. The molecule has 0 aliphatic heterocycles. The molecule has 0 atom stereocenters. The maximum absolute atomic E-state index is 10.5. The zero-order valence-corrected chi connectivity index (χ0v) is 19.7. The lowest BCUT2D eigenvalue weighted by atomic mass is 9.94. The van der Waals surface area contributed by atoms with E-state index in [9.17, 15) is 10.2 Å². The van der Waals surface area contributed by atoms with Crippen LogP contribution >= 0.6 is 0 Å². The van der Waals surface area contributed by atoms with Crippen molar-refractivity contribution in [1.29, 1.82) is 0 Å². The standard InChI is InChI=1S/C30H28N2O3/c1-2-3-4-9-17-35-27-19-24(31-30(32-27)29-25(33)15-10-16-26(29)34)28-22-13-7-5-11-20(22)18-21-12-6-8-14-23(21)28/h5-8,10-16,18-19,33-34H,2-4,9,17H2,1H3. The topological polar surface area (TPSA) is 75.5 Å². The fraction of sp³-hybridized carbons (Fsp3) is 0.200. The van der Waals surface area contributed by atoms with Crippen LogP contribution in [-0.2, 0) is 0 Å². The number of unbranched alkanes of at least 4 members (excludes halogenated alkanes) is 3. The first kappa shape index (κ1) is 22.7. The first-order valence-corrected chi connectivity index (χ1v) is 12.1. The minimum atomic E-state index is -0.0844. The number of aromatic nitrogens is 2. The maximum Gasteiger partial charge on any atom is 0.217 e. The number of hydrogen-bond acceptors (Lipinski definition) is 5. The smallest absolute Gasteiger partial charge is 0.217 e. The van der Waals surface area contributed by atoms with Crippen molar-refractivity contribution >= 4 is 21.5 Å². The first-order chi connectivity index (χ1) is 17.2. The number of rotatable bonds is 8.